The van der Waals surface area contributed by atoms with Crippen LogP contribution in [-0.4, -0.2) is 30.1 Å². The van der Waals surface area contributed by atoms with Crippen LogP contribution in [0.25, 0.3) is 0 Å². The van der Waals surface area contributed by atoms with Crippen LogP contribution in [-0.2, 0) is 4.74 Å². The van der Waals surface area contributed by atoms with Gasteiger partial charge in [-0.2, -0.15) is 0 Å². The van der Waals surface area contributed by atoms with Gasteiger partial charge in [0, 0.05) is 25.0 Å². The molecule has 2 unspecified atom stereocenters. The zero-order chi connectivity index (χ0) is 16.4. The van der Waals surface area contributed by atoms with Crippen LogP contribution >= 0.6 is 0 Å². The van der Waals surface area contributed by atoms with E-state index in [1.807, 2.05) is 26.0 Å². The molecule has 1 aromatic carbocycles. The molecule has 2 N–H and O–H groups in total. The standard InChI is InChI=1S/C19H25FN2O/c1-13(2)23-19-8-5-15(14-3-6-16(20)7-4-14)11-18(19)22-10-9-17(21)12-22/h3-4,6-8,11,13,15,17H,5,9-10,12,21H2,1-2H3. The summed E-state index contributed by atoms with van der Waals surface area (Å²) in [5.41, 5.74) is 8.33. The molecule has 0 aromatic heterocycles. The summed E-state index contributed by atoms with van der Waals surface area (Å²) >= 11 is 0. The monoisotopic (exact) mass is 316 g/mol. The summed E-state index contributed by atoms with van der Waals surface area (Å²) in [6.45, 7) is 5.91. The first-order valence-corrected chi connectivity index (χ1v) is 8.38. The average Bonchev–Trinajstić information content (AvgIpc) is 2.94. The summed E-state index contributed by atoms with van der Waals surface area (Å²) in [5, 5.41) is 0. The van der Waals surface area contributed by atoms with Gasteiger partial charge >= 0.3 is 0 Å². The smallest absolute Gasteiger partial charge is 0.138 e. The maximum atomic E-state index is 13.2. The first-order chi connectivity index (χ1) is 11.0. The van der Waals surface area contributed by atoms with E-state index in [0.29, 0.717) is 0 Å². The molecule has 0 spiro atoms. The van der Waals surface area contributed by atoms with Crippen molar-refractivity contribution in [2.45, 2.75) is 44.8 Å². The van der Waals surface area contributed by atoms with Gasteiger partial charge in [-0.25, -0.2) is 4.39 Å². The summed E-state index contributed by atoms with van der Waals surface area (Å²) in [6.07, 6.45) is 6.43. The van der Waals surface area contributed by atoms with Crippen LogP contribution < -0.4 is 5.73 Å². The van der Waals surface area contributed by atoms with Crippen molar-refractivity contribution in [1.82, 2.24) is 4.90 Å². The molecule has 23 heavy (non-hydrogen) atoms. The Bertz CT molecular complexity index is 606. The van der Waals surface area contributed by atoms with E-state index in [2.05, 4.69) is 17.1 Å². The number of benzene rings is 1. The van der Waals surface area contributed by atoms with Crippen LogP contribution in [0.3, 0.4) is 0 Å². The van der Waals surface area contributed by atoms with Gasteiger partial charge < -0.3 is 15.4 Å². The maximum Gasteiger partial charge on any atom is 0.138 e. The molecule has 1 aromatic rings. The second-order valence-electron chi connectivity index (χ2n) is 6.68. The molecule has 124 valence electrons. The maximum absolute atomic E-state index is 13.2. The highest BCUT2D eigenvalue weighted by atomic mass is 19.1. The van der Waals surface area contributed by atoms with Crippen molar-refractivity contribution in [2.24, 2.45) is 5.73 Å². The van der Waals surface area contributed by atoms with E-state index >= 15 is 0 Å². The molecular formula is C19H25FN2O. The van der Waals surface area contributed by atoms with E-state index in [9.17, 15) is 4.39 Å². The molecule has 2 atom stereocenters. The highest BCUT2D eigenvalue weighted by Crippen LogP contribution is 2.34. The number of nitrogens with two attached hydrogens (primary N) is 1. The van der Waals surface area contributed by atoms with Gasteiger partial charge in [-0.15, -0.1) is 0 Å². The lowest BCUT2D eigenvalue weighted by molar-refractivity contribution is 0.140. The second-order valence-corrected chi connectivity index (χ2v) is 6.68. The normalized spacial score (nSPS) is 24.7. The third kappa shape index (κ3) is 3.75. The summed E-state index contributed by atoms with van der Waals surface area (Å²) in [7, 11) is 0. The number of rotatable bonds is 4. The van der Waals surface area contributed by atoms with Gasteiger partial charge in [0.15, 0.2) is 0 Å². The molecule has 3 nitrogen and oxygen atoms in total. The van der Waals surface area contributed by atoms with Crippen LogP contribution in [0.4, 0.5) is 4.39 Å². The Morgan fingerprint density at radius 1 is 1.26 bits per heavy atom. The molecule has 0 saturated carbocycles. The Kier molecular flexibility index (Phi) is 4.71. The number of ether oxygens (including phenoxy) is 1. The van der Waals surface area contributed by atoms with Crippen molar-refractivity contribution >= 4 is 0 Å². The predicted molar refractivity (Wildman–Crippen MR) is 90.3 cm³/mol. The minimum absolute atomic E-state index is 0.142. The van der Waals surface area contributed by atoms with Crippen LogP contribution in [0, 0.1) is 5.82 Å². The number of likely N-dealkylation sites (tertiary alicyclic amines) is 1. The Morgan fingerprint density at radius 3 is 2.61 bits per heavy atom. The van der Waals surface area contributed by atoms with Crippen LogP contribution in [0.5, 0.6) is 0 Å². The van der Waals surface area contributed by atoms with Crippen molar-refractivity contribution in [3.63, 3.8) is 0 Å². The molecule has 3 rings (SSSR count). The minimum Gasteiger partial charge on any atom is -0.489 e. The fourth-order valence-electron chi connectivity index (χ4n) is 3.25. The van der Waals surface area contributed by atoms with Crippen molar-refractivity contribution in [3.8, 4) is 0 Å². The van der Waals surface area contributed by atoms with Crippen molar-refractivity contribution < 1.29 is 9.13 Å². The summed E-state index contributed by atoms with van der Waals surface area (Å²) in [4.78, 5) is 2.31. The third-order valence-electron chi connectivity index (χ3n) is 4.39. The predicted octanol–water partition coefficient (Wildman–Crippen LogP) is 3.54. The Morgan fingerprint density at radius 2 is 2.00 bits per heavy atom. The molecule has 1 heterocycles. The molecule has 2 aliphatic rings. The van der Waals surface area contributed by atoms with Crippen molar-refractivity contribution in [3.05, 3.63) is 59.3 Å². The number of nitrogens with zero attached hydrogens (tertiary/aromatic N) is 1. The second kappa shape index (κ2) is 6.75. The average molecular weight is 316 g/mol. The topological polar surface area (TPSA) is 38.5 Å². The van der Waals surface area contributed by atoms with E-state index in [0.717, 1.165) is 43.0 Å². The van der Waals surface area contributed by atoms with Gasteiger partial charge in [0.05, 0.1) is 11.8 Å². The lowest BCUT2D eigenvalue weighted by Crippen LogP contribution is -2.29. The van der Waals surface area contributed by atoms with E-state index < -0.39 is 0 Å². The molecule has 0 radical (unpaired) electrons. The number of hydrogen-bond donors (Lipinski definition) is 1. The SMILES string of the molecule is CC(C)OC1=CCC(c2ccc(F)cc2)C=C1N1CCC(N)C1. The largest absolute Gasteiger partial charge is 0.489 e. The Labute approximate surface area is 137 Å². The Balaban J connectivity index is 1.86. The molecule has 0 amide bonds. The zero-order valence-electron chi connectivity index (χ0n) is 13.8. The van der Waals surface area contributed by atoms with Crippen molar-refractivity contribution in [1.29, 1.82) is 0 Å². The molecule has 0 bridgehead atoms. The quantitative estimate of drug-likeness (QED) is 0.923. The van der Waals surface area contributed by atoms with Crippen molar-refractivity contribution in [2.75, 3.05) is 13.1 Å². The molecule has 1 aliphatic heterocycles. The lowest BCUT2D eigenvalue weighted by Gasteiger charge is -2.30. The van der Waals surface area contributed by atoms with Gasteiger partial charge in [-0.3, -0.25) is 0 Å². The van der Waals surface area contributed by atoms with E-state index in [-0.39, 0.29) is 23.9 Å². The summed E-state index contributed by atoms with van der Waals surface area (Å²) in [5.74, 6) is 1.01. The van der Waals surface area contributed by atoms with Crippen LogP contribution in [0.1, 0.15) is 38.2 Å². The van der Waals surface area contributed by atoms with Crippen LogP contribution in [0.2, 0.25) is 0 Å². The van der Waals surface area contributed by atoms with Gasteiger partial charge in [-0.05, 0) is 56.5 Å². The number of hydrogen-bond acceptors (Lipinski definition) is 3. The first kappa shape index (κ1) is 16.1. The van der Waals surface area contributed by atoms with Crippen LogP contribution in [0.15, 0.2) is 47.9 Å². The Hall–Kier alpha value is -1.81. The summed E-state index contributed by atoms with van der Waals surface area (Å²) < 4.78 is 19.2. The van der Waals surface area contributed by atoms with E-state index in [1.54, 1.807) is 0 Å². The highest BCUT2D eigenvalue weighted by molar-refractivity contribution is 5.37. The van der Waals surface area contributed by atoms with Gasteiger partial charge in [-0.1, -0.05) is 12.1 Å². The minimum atomic E-state index is -0.196. The number of allylic oxidation sites excluding steroid dienone is 2. The van der Waals surface area contributed by atoms with Gasteiger partial charge in [0.25, 0.3) is 0 Å². The fourth-order valence-corrected chi connectivity index (χ4v) is 3.25. The van der Waals surface area contributed by atoms with Gasteiger partial charge in [0.2, 0.25) is 0 Å². The fraction of sp³-hybridized carbons (Fsp3) is 0.474. The molecule has 1 aliphatic carbocycles. The molecule has 1 fully saturated rings. The molecule has 1 saturated heterocycles. The molecular weight excluding hydrogens is 291 g/mol. The third-order valence-corrected chi connectivity index (χ3v) is 4.39. The summed E-state index contributed by atoms with van der Waals surface area (Å²) in [6, 6.07) is 7.01. The zero-order valence-corrected chi connectivity index (χ0v) is 13.8. The highest BCUT2D eigenvalue weighted by Gasteiger charge is 2.27. The van der Waals surface area contributed by atoms with E-state index in [4.69, 9.17) is 10.5 Å². The molecule has 4 heteroatoms. The first-order valence-electron chi connectivity index (χ1n) is 8.38. The van der Waals surface area contributed by atoms with E-state index in [1.165, 1.54) is 12.1 Å². The lowest BCUT2D eigenvalue weighted by atomic mass is 9.90. The number of halogens is 1. The van der Waals surface area contributed by atoms with Gasteiger partial charge in [0.1, 0.15) is 11.6 Å².